The molecular formula is C15H18O5. The largest absolute Gasteiger partial charge is 0.462 e. The molecule has 3 atom stereocenters. The van der Waals surface area contributed by atoms with Crippen LogP contribution in [0.25, 0.3) is 0 Å². The Kier molecular flexibility index (Phi) is 4.06. The lowest BCUT2D eigenvalue weighted by Crippen LogP contribution is -2.16. The summed E-state index contributed by atoms with van der Waals surface area (Å²) in [7, 11) is 0. The summed E-state index contributed by atoms with van der Waals surface area (Å²) in [5.74, 6) is -1.18. The van der Waals surface area contributed by atoms with Crippen LogP contribution in [0.2, 0.25) is 0 Å². The first-order valence-electron chi connectivity index (χ1n) is 6.66. The lowest BCUT2D eigenvalue weighted by Gasteiger charge is -2.12. The first-order chi connectivity index (χ1) is 9.38. The molecule has 0 aromatic carbocycles. The average molecular weight is 278 g/mol. The number of ketones is 1. The molecule has 108 valence electrons. The topological polar surface area (TPSA) is 69.7 Å². The third-order valence-corrected chi connectivity index (χ3v) is 3.77. The van der Waals surface area contributed by atoms with Crippen molar-refractivity contribution in [3.8, 4) is 0 Å². The zero-order chi connectivity index (χ0) is 14.9. The van der Waals surface area contributed by atoms with E-state index in [-0.39, 0.29) is 42.7 Å². The standard InChI is InChI=1S/C15H18O5/c1-8(4-12-5-9(2)14(17)20-12)13(16)6-11-7-19-15(18)10(11)3/h9,11-12H,1,3-7H2,2H3/t9-,11-,12-/m1/s1. The van der Waals surface area contributed by atoms with Crippen LogP contribution in [0.15, 0.2) is 24.3 Å². The molecule has 0 saturated carbocycles. The molecule has 0 aliphatic carbocycles. The summed E-state index contributed by atoms with van der Waals surface area (Å²) in [6.45, 7) is 9.39. The number of cyclic esters (lactones) is 2. The maximum Gasteiger partial charge on any atom is 0.333 e. The minimum atomic E-state index is -0.438. The highest BCUT2D eigenvalue weighted by Crippen LogP contribution is 2.28. The van der Waals surface area contributed by atoms with Crippen molar-refractivity contribution in [1.29, 1.82) is 0 Å². The van der Waals surface area contributed by atoms with Gasteiger partial charge in [0.25, 0.3) is 0 Å². The summed E-state index contributed by atoms with van der Waals surface area (Å²) in [6, 6.07) is 0. The molecular weight excluding hydrogens is 260 g/mol. The molecule has 0 aromatic rings. The van der Waals surface area contributed by atoms with Crippen molar-refractivity contribution in [2.75, 3.05) is 6.61 Å². The van der Waals surface area contributed by atoms with Gasteiger partial charge in [-0.2, -0.15) is 0 Å². The van der Waals surface area contributed by atoms with Gasteiger partial charge in [0.2, 0.25) is 0 Å². The molecule has 2 aliphatic heterocycles. The Morgan fingerprint density at radius 3 is 2.55 bits per heavy atom. The highest BCUT2D eigenvalue weighted by molar-refractivity contribution is 5.97. The van der Waals surface area contributed by atoms with Crippen LogP contribution in [0.1, 0.15) is 26.2 Å². The maximum atomic E-state index is 12.1. The fraction of sp³-hybridized carbons (Fsp3) is 0.533. The maximum absolute atomic E-state index is 12.1. The van der Waals surface area contributed by atoms with E-state index in [4.69, 9.17) is 9.47 Å². The Labute approximate surface area is 117 Å². The lowest BCUT2D eigenvalue weighted by molar-refractivity contribution is -0.144. The quantitative estimate of drug-likeness (QED) is 0.564. The van der Waals surface area contributed by atoms with Gasteiger partial charge in [0, 0.05) is 24.3 Å². The molecule has 0 bridgehead atoms. The summed E-state index contributed by atoms with van der Waals surface area (Å²) in [5, 5.41) is 0. The third-order valence-electron chi connectivity index (χ3n) is 3.77. The number of ether oxygens (including phenoxy) is 2. The molecule has 5 heteroatoms. The molecule has 20 heavy (non-hydrogen) atoms. The minimum Gasteiger partial charge on any atom is -0.462 e. The number of hydrogen-bond acceptors (Lipinski definition) is 5. The van der Waals surface area contributed by atoms with Crippen molar-refractivity contribution in [3.05, 3.63) is 24.3 Å². The SMILES string of the molecule is C=C(C[C@@H]1C[C@@H](C)C(=O)O1)C(=O)C[C@@H]1COC(=O)C1=C. The second-order valence-electron chi connectivity index (χ2n) is 5.45. The number of carbonyl (C=O) groups is 3. The molecule has 0 N–H and O–H groups in total. The van der Waals surface area contributed by atoms with E-state index in [1.54, 1.807) is 6.92 Å². The molecule has 2 fully saturated rings. The number of esters is 2. The normalized spacial score (nSPS) is 29.2. The van der Waals surface area contributed by atoms with Gasteiger partial charge >= 0.3 is 11.9 Å². The molecule has 0 radical (unpaired) electrons. The number of carbonyl (C=O) groups excluding carboxylic acids is 3. The van der Waals surface area contributed by atoms with Gasteiger partial charge in [-0.1, -0.05) is 20.1 Å². The van der Waals surface area contributed by atoms with Crippen molar-refractivity contribution in [1.82, 2.24) is 0 Å². The van der Waals surface area contributed by atoms with Gasteiger partial charge in [-0.05, 0) is 12.0 Å². The summed E-state index contributed by atoms with van der Waals surface area (Å²) >= 11 is 0. The second-order valence-corrected chi connectivity index (χ2v) is 5.45. The Morgan fingerprint density at radius 1 is 1.35 bits per heavy atom. The number of hydrogen-bond donors (Lipinski definition) is 0. The van der Waals surface area contributed by atoms with Gasteiger partial charge in [0.1, 0.15) is 6.10 Å². The molecule has 2 heterocycles. The van der Waals surface area contributed by atoms with Crippen LogP contribution in [-0.4, -0.2) is 30.4 Å². The van der Waals surface area contributed by atoms with Crippen molar-refractivity contribution < 1.29 is 23.9 Å². The van der Waals surface area contributed by atoms with E-state index in [1.807, 2.05) is 0 Å². The first kappa shape index (κ1) is 14.5. The average Bonchev–Trinajstić information content (AvgIpc) is 2.86. The summed E-state index contributed by atoms with van der Waals surface area (Å²) in [6.07, 6.45) is 0.865. The van der Waals surface area contributed by atoms with E-state index < -0.39 is 5.97 Å². The number of rotatable bonds is 5. The Bertz CT molecular complexity index is 490. The molecule has 2 aliphatic rings. The predicted octanol–water partition coefficient (Wildman–Crippen LogP) is 1.57. The predicted molar refractivity (Wildman–Crippen MR) is 70.6 cm³/mol. The Balaban J connectivity index is 1.84. The van der Waals surface area contributed by atoms with Gasteiger partial charge in [-0.15, -0.1) is 0 Å². The van der Waals surface area contributed by atoms with Gasteiger partial charge in [0.05, 0.1) is 12.5 Å². The highest BCUT2D eigenvalue weighted by atomic mass is 16.6. The fourth-order valence-electron chi connectivity index (χ4n) is 2.42. The Hall–Kier alpha value is -1.91. The fourth-order valence-corrected chi connectivity index (χ4v) is 2.42. The zero-order valence-electron chi connectivity index (χ0n) is 11.5. The van der Waals surface area contributed by atoms with Gasteiger partial charge in [-0.25, -0.2) is 4.79 Å². The monoisotopic (exact) mass is 278 g/mol. The van der Waals surface area contributed by atoms with Crippen LogP contribution in [0.3, 0.4) is 0 Å². The molecule has 0 unspecified atom stereocenters. The molecule has 2 saturated heterocycles. The van der Waals surface area contributed by atoms with Crippen LogP contribution in [0.4, 0.5) is 0 Å². The first-order valence-corrected chi connectivity index (χ1v) is 6.66. The van der Waals surface area contributed by atoms with Crippen molar-refractivity contribution in [3.63, 3.8) is 0 Å². The molecule has 0 amide bonds. The van der Waals surface area contributed by atoms with Crippen LogP contribution < -0.4 is 0 Å². The van der Waals surface area contributed by atoms with E-state index in [1.165, 1.54) is 0 Å². The number of Topliss-reactive ketones (excluding diaryl/α,β-unsaturated/α-hetero) is 1. The molecule has 0 aromatic heterocycles. The van der Waals surface area contributed by atoms with Crippen LogP contribution >= 0.6 is 0 Å². The van der Waals surface area contributed by atoms with Gasteiger partial charge in [0.15, 0.2) is 5.78 Å². The molecule has 2 rings (SSSR count). The highest BCUT2D eigenvalue weighted by Gasteiger charge is 2.34. The van der Waals surface area contributed by atoms with Gasteiger partial charge in [-0.3, -0.25) is 9.59 Å². The van der Waals surface area contributed by atoms with Crippen molar-refractivity contribution in [2.45, 2.75) is 32.3 Å². The smallest absolute Gasteiger partial charge is 0.333 e. The van der Waals surface area contributed by atoms with Crippen molar-refractivity contribution in [2.24, 2.45) is 11.8 Å². The van der Waals surface area contributed by atoms with E-state index in [0.717, 1.165) is 0 Å². The van der Waals surface area contributed by atoms with Crippen LogP contribution in [-0.2, 0) is 23.9 Å². The molecule has 0 spiro atoms. The van der Waals surface area contributed by atoms with Gasteiger partial charge < -0.3 is 9.47 Å². The zero-order valence-corrected chi connectivity index (χ0v) is 11.5. The minimum absolute atomic E-state index is 0.122. The van der Waals surface area contributed by atoms with Crippen LogP contribution in [0, 0.1) is 11.8 Å². The van der Waals surface area contributed by atoms with E-state index in [0.29, 0.717) is 24.0 Å². The third kappa shape index (κ3) is 2.98. The summed E-state index contributed by atoms with van der Waals surface area (Å²) in [4.78, 5) is 34.5. The summed E-state index contributed by atoms with van der Waals surface area (Å²) < 4.78 is 9.98. The van der Waals surface area contributed by atoms with Crippen molar-refractivity contribution >= 4 is 17.7 Å². The van der Waals surface area contributed by atoms with E-state index in [2.05, 4.69) is 13.2 Å². The Morgan fingerprint density at radius 2 is 2.05 bits per heavy atom. The summed E-state index contributed by atoms with van der Waals surface area (Å²) in [5.41, 5.74) is 0.760. The van der Waals surface area contributed by atoms with Crippen LogP contribution in [0.5, 0.6) is 0 Å². The van der Waals surface area contributed by atoms with E-state index in [9.17, 15) is 14.4 Å². The van der Waals surface area contributed by atoms with E-state index >= 15 is 0 Å². The second kappa shape index (κ2) is 5.61. The lowest BCUT2D eigenvalue weighted by atomic mass is 9.92. The molecule has 5 nitrogen and oxygen atoms in total.